The van der Waals surface area contributed by atoms with Crippen LogP contribution in [-0.2, 0) is 28.3 Å². The van der Waals surface area contributed by atoms with Crippen molar-refractivity contribution in [2.75, 3.05) is 5.75 Å². The topological polar surface area (TPSA) is 49.4 Å². The normalized spacial score (nSPS) is 14.3. The van der Waals surface area contributed by atoms with Crippen LogP contribution in [0.1, 0.15) is 42.4 Å². The van der Waals surface area contributed by atoms with Crippen LogP contribution >= 0.6 is 35.0 Å². The lowest BCUT2D eigenvalue weighted by molar-refractivity contribution is -0.139. The Morgan fingerprint density at radius 3 is 2.39 bits per heavy atom. The number of amides is 2. The summed E-state index contributed by atoms with van der Waals surface area (Å²) in [4.78, 5) is 29.1. The molecule has 3 aromatic rings. The van der Waals surface area contributed by atoms with Gasteiger partial charge < -0.3 is 10.2 Å². The van der Waals surface area contributed by atoms with Crippen LogP contribution in [0.5, 0.6) is 0 Å². The summed E-state index contributed by atoms with van der Waals surface area (Å²) in [6.45, 7) is 0.232. The summed E-state index contributed by atoms with van der Waals surface area (Å²) in [5, 5.41) is 4.09. The minimum atomic E-state index is -0.706. The number of hydrogen-bond donors (Lipinski definition) is 1. The molecule has 0 aromatic heterocycles. The first-order valence-electron chi connectivity index (χ1n) is 12.8. The molecule has 1 saturated carbocycles. The molecule has 4 nitrogen and oxygen atoms in total. The zero-order chi connectivity index (χ0) is 26.9. The molecule has 1 aliphatic rings. The molecule has 1 fully saturated rings. The summed E-state index contributed by atoms with van der Waals surface area (Å²) < 4.78 is 14.3. The van der Waals surface area contributed by atoms with Crippen molar-refractivity contribution in [3.05, 3.63) is 105 Å². The molecule has 38 heavy (non-hydrogen) atoms. The third-order valence-corrected chi connectivity index (χ3v) is 8.28. The van der Waals surface area contributed by atoms with Gasteiger partial charge in [0.15, 0.2) is 0 Å². The molecule has 4 rings (SSSR count). The van der Waals surface area contributed by atoms with E-state index in [0.29, 0.717) is 22.0 Å². The molecule has 0 bridgehead atoms. The predicted molar refractivity (Wildman–Crippen MR) is 154 cm³/mol. The molecule has 1 N–H and O–H groups in total. The summed E-state index contributed by atoms with van der Waals surface area (Å²) in [6, 6.07) is 21.0. The van der Waals surface area contributed by atoms with E-state index in [1.54, 1.807) is 23.1 Å². The second-order valence-corrected chi connectivity index (χ2v) is 11.4. The Morgan fingerprint density at radius 1 is 0.974 bits per heavy atom. The Bertz CT molecular complexity index is 1220. The van der Waals surface area contributed by atoms with Gasteiger partial charge in [-0.3, -0.25) is 9.59 Å². The van der Waals surface area contributed by atoms with Crippen molar-refractivity contribution < 1.29 is 14.0 Å². The molecule has 1 atom stereocenters. The van der Waals surface area contributed by atoms with Gasteiger partial charge in [0, 0.05) is 40.4 Å². The number of carbonyl (C=O) groups is 2. The number of halogens is 3. The quantitative estimate of drug-likeness (QED) is 0.267. The van der Waals surface area contributed by atoms with Crippen molar-refractivity contribution in [1.82, 2.24) is 10.2 Å². The maximum absolute atomic E-state index is 14.3. The van der Waals surface area contributed by atoms with Gasteiger partial charge in [-0.1, -0.05) is 84.6 Å². The molecule has 0 saturated heterocycles. The molecule has 1 aliphatic carbocycles. The Labute approximate surface area is 237 Å². The molecule has 0 radical (unpaired) electrons. The Kier molecular flexibility index (Phi) is 10.5. The van der Waals surface area contributed by atoms with Gasteiger partial charge in [-0.15, -0.1) is 11.8 Å². The number of thioether (sulfide) groups is 1. The minimum absolute atomic E-state index is 0.0766. The predicted octanol–water partition coefficient (Wildman–Crippen LogP) is 7.06. The van der Waals surface area contributed by atoms with Crippen LogP contribution in [-0.4, -0.2) is 34.6 Å². The Morgan fingerprint density at radius 2 is 1.68 bits per heavy atom. The van der Waals surface area contributed by atoms with Gasteiger partial charge in [-0.25, -0.2) is 4.39 Å². The average Bonchev–Trinajstić information content (AvgIpc) is 3.41. The third kappa shape index (κ3) is 7.98. The van der Waals surface area contributed by atoms with E-state index in [9.17, 15) is 14.0 Å². The van der Waals surface area contributed by atoms with Crippen LogP contribution < -0.4 is 5.32 Å². The molecule has 0 heterocycles. The van der Waals surface area contributed by atoms with Crippen molar-refractivity contribution in [3.63, 3.8) is 0 Å². The van der Waals surface area contributed by atoms with Crippen molar-refractivity contribution >= 4 is 46.8 Å². The minimum Gasteiger partial charge on any atom is -0.352 e. The molecule has 0 aliphatic heterocycles. The van der Waals surface area contributed by atoms with Crippen molar-refractivity contribution in [1.29, 1.82) is 0 Å². The first-order valence-corrected chi connectivity index (χ1v) is 14.7. The number of hydrogen-bond acceptors (Lipinski definition) is 3. The summed E-state index contributed by atoms with van der Waals surface area (Å²) >= 11 is 13.7. The number of benzene rings is 3. The highest BCUT2D eigenvalue weighted by molar-refractivity contribution is 7.99. The third-order valence-electron chi connectivity index (χ3n) is 6.75. The number of rotatable bonds is 11. The molecule has 200 valence electrons. The first-order chi connectivity index (χ1) is 18.4. The number of nitrogens with zero attached hydrogens (tertiary/aromatic N) is 1. The van der Waals surface area contributed by atoms with Crippen LogP contribution in [0, 0.1) is 5.82 Å². The largest absolute Gasteiger partial charge is 0.352 e. The Balaban J connectivity index is 1.58. The molecule has 2 amide bonds. The van der Waals surface area contributed by atoms with Gasteiger partial charge in [0.1, 0.15) is 11.9 Å². The van der Waals surface area contributed by atoms with E-state index in [1.165, 1.54) is 17.8 Å². The summed E-state index contributed by atoms with van der Waals surface area (Å²) in [7, 11) is 0. The zero-order valence-electron chi connectivity index (χ0n) is 21.0. The SMILES string of the molecule is O=C(NC1CCCC1)[C@H](Cc1ccccc1)N(Cc1cccc(Cl)c1)C(=O)CSCc1c(F)cccc1Cl. The van der Waals surface area contributed by atoms with Gasteiger partial charge >= 0.3 is 0 Å². The van der Waals surface area contributed by atoms with Gasteiger partial charge in [0.05, 0.1) is 5.75 Å². The molecular weight excluding hydrogens is 542 g/mol. The average molecular weight is 574 g/mol. The second-order valence-electron chi connectivity index (χ2n) is 9.54. The number of carbonyl (C=O) groups excluding carboxylic acids is 2. The molecular formula is C30H31Cl2FN2O2S. The van der Waals surface area contributed by atoms with Gasteiger partial charge in [0.2, 0.25) is 11.8 Å². The van der Waals surface area contributed by atoms with Crippen LogP contribution in [0.15, 0.2) is 72.8 Å². The highest BCUT2D eigenvalue weighted by Gasteiger charge is 2.32. The van der Waals surface area contributed by atoms with E-state index in [-0.39, 0.29) is 35.9 Å². The van der Waals surface area contributed by atoms with Crippen LogP contribution in [0.2, 0.25) is 10.0 Å². The van der Waals surface area contributed by atoms with Crippen molar-refractivity contribution in [3.8, 4) is 0 Å². The number of nitrogens with one attached hydrogen (secondary N) is 1. The van der Waals surface area contributed by atoms with Crippen molar-refractivity contribution in [2.24, 2.45) is 0 Å². The highest BCUT2D eigenvalue weighted by Crippen LogP contribution is 2.25. The van der Waals surface area contributed by atoms with E-state index in [0.717, 1.165) is 36.8 Å². The maximum Gasteiger partial charge on any atom is 0.243 e. The molecule has 3 aromatic carbocycles. The van der Waals surface area contributed by atoms with Gasteiger partial charge in [-0.05, 0) is 48.2 Å². The van der Waals surface area contributed by atoms with Crippen LogP contribution in [0.25, 0.3) is 0 Å². The van der Waals surface area contributed by atoms with E-state index in [4.69, 9.17) is 23.2 Å². The molecule has 0 spiro atoms. The maximum atomic E-state index is 14.3. The lowest BCUT2D eigenvalue weighted by atomic mass is 10.0. The smallest absolute Gasteiger partial charge is 0.243 e. The van der Waals surface area contributed by atoms with Crippen LogP contribution in [0.3, 0.4) is 0 Å². The summed E-state index contributed by atoms with van der Waals surface area (Å²) in [6.07, 6.45) is 4.47. The lowest BCUT2D eigenvalue weighted by Crippen LogP contribution is -2.52. The van der Waals surface area contributed by atoms with Crippen molar-refractivity contribution in [2.45, 2.75) is 56.5 Å². The lowest BCUT2D eigenvalue weighted by Gasteiger charge is -2.32. The highest BCUT2D eigenvalue weighted by atomic mass is 35.5. The fourth-order valence-corrected chi connectivity index (χ4v) is 6.21. The fraction of sp³-hybridized carbons (Fsp3) is 0.333. The second kappa shape index (κ2) is 14.0. The molecule has 8 heteroatoms. The van der Waals surface area contributed by atoms with E-state index in [1.807, 2.05) is 48.5 Å². The summed E-state index contributed by atoms with van der Waals surface area (Å²) in [5.41, 5.74) is 2.17. The van der Waals surface area contributed by atoms with E-state index < -0.39 is 11.9 Å². The first kappa shape index (κ1) is 28.5. The van der Waals surface area contributed by atoms with Gasteiger partial charge in [-0.2, -0.15) is 0 Å². The molecule has 0 unspecified atom stereocenters. The van der Waals surface area contributed by atoms with Crippen LogP contribution in [0.4, 0.5) is 4.39 Å². The van der Waals surface area contributed by atoms with E-state index in [2.05, 4.69) is 5.32 Å². The fourth-order valence-electron chi connectivity index (χ4n) is 4.75. The monoisotopic (exact) mass is 572 g/mol. The van der Waals surface area contributed by atoms with E-state index >= 15 is 0 Å². The Hall–Kier alpha value is -2.54. The summed E-state index contributed by atoms with van der Waals surface area (Å²) in [5.74, 6) is -0.429. The zero-order valence-corrected chi connectivity index (χ0v) is 23.4. The van der Waals surface area contributed by atoms with Gasteiger partial charge in [0.25, 0.3) is 0 Å². The standard InChI is InChI=1S/C30H31Cl2FN2O2S/c31-23-11-6-10-22(16-23)18-35(29(36)20-38-19-25-26(32)14-7-15-27(25)33)28(17-21-8-2-1-3-9-21)30(37)34-24-12-4-5-13-24/h1-3,6-11,14-16,24,28H,4-5,12-13,17-20H2,(H,34,37)/t28-/m0/s1.